The van der Waals surface area contributed by atoms with Crippen molar-refractivity contribution in [2.24, 2.45) is 5.92 Å². The summed E-state index contributed by atoms with van der Waals surface area (Å²) >= 11 is 0. The van der Waals surface area contributed by atoms with Gasteiger partial charge in [-0.15, -0.1) is 0 Å². The van der Waals surface area contributed by atoms with Crippen LogP contribution in [0, 0.1) is 11.7 Å². The number of benzene rings is 1. The highest BCUT2D eigenvalue weighted by Gasteiger charge is 2.49. The number of amides is 2. The van der Waals surface area contributed by atoms with Crippen LogP contribution in [-0.4, -0.2) is 29.6 Å². The molecule has 7 heteroatoms. The number of carbonyl (C=O) groups is 2. The number of fused-ring (bicyclic) bond motifs is 3. The summed E-state index contributed by atoms with van der Waals surface area (Å²) in [7, 11) is 0. The highest BCUT2D eigenvalue weighted by Crippen LogP contribution is 2.54. The first-order valence-corrected chi connectivity index (χ1v) is 10.4. The van der Waals surface area contributed by atoms with Gasteiger partial charge in [-0.1, -0.05) is 0 Å². The van der Waals surface area contributed by atoms with Gasteiger partial charge in [-0.25, -0.2) is 9.18 Å². The fourth-order valence-corrected chi connectivity index (χ4v) is 4.02. The van der Waals surface area contributed by atoms with Crippen molar-refractivity contribution >= 4 is 17.7 Å². The van der Waals surface area contributed by atoms with E-state index in [2.05, 4.69) is 5.32 Å². The zero-order chi connectivity index (χ0) is 21.0. The van der Waals surface area contributed by atoms with Crippen LogP contribution in [0.3, 0.4) is 0 Å². The van der Waals surface area contributed by atoms with Crippen molar-refractivity contribution in [3.63, 3.8) is 0 Å². The molecule has 2 atom stereocenters. The van der Waals surface area contributed by atoms with E-state index in [4.69, 9.17) is 9.72 Å². The Bertz CT molecular complexity index is 1020. The third-order valence-corrected chi connectivity index (χ3v) is 6.07. The van der Waals surface area contributed by atoms with Gasteiger partial charge in [0, 0.05) is 18.0 Å². The number of aromatic nitrogens is 1. The molecular formula is C23H24FN3O3. The highest BCUT2D eigenvalue weighted by atomic mass is 19.1. The number of anilines is 1. The minimum absolute atomic E-state index is 0.0608. The van der Waals surface area contributed by atoms with Crippen molar-refractivity contribution in [2.45, 2.75) is 50.7 Å². The van der Waals surface area contributed by atoms with Crippen LogP contribution >= 0.6 is 0 Å². The van der Waals surface area contributed by atoms with Crippen molar-refractivity contribution < 1.29 is 18.7 Å². The molecule has 0 bridgehead atoms. The second kappa shape index (κ2) is 6.79. The molecule has 2 aliphatic carbocycles. The van der Waals surface area contributed by atoms with Crippen LogP contribution < -0.4 is 10.2 Å². The predicted octanol–water partition coefficient (Wildman–Crippen LogP) is 4.11. The van der Waals surface area contributed by atoms with Crippen LogP contribution in [0.4, 0.5) is 14.9 Å². The van der Waals surface area contributed by atoms with Gasteiger partial charge in [-0.05, 0) is 75.4 Å². The lowest BCUT2D eigenvalue weighted by Gasteiger charge is -2.31. The van der Waals surface area contributed by atoms with Crippen molar-refractivity contribution in [1.29, 1.82) is 0 Å². The Morgan fingerprint density at radius 2 is 1.90 bits per heavy atom. The van der Waals surface area contributed by atoms with E-state index < -0.39 is 5.54 Å². The average molecular weight is 409 g/mol. The second-order valence-corrected chi connectivity index (χ2v) is 8.98. The van der Waals surface area contributed by atoms with Gasteiger partial charge >= 0.3 is 6.09 Å². The standard InChI is InChI=1S/C23H24FN3O3/c1-23(2,26-21(28)13-3-5-15(24)6-4-13)19-10-9-18-20(25-19)17-11-14(17)12-27(18)22(29)30-16-7-8-16/h3-6,9-10,14,16-17H,7-8,11-12H2,1-2H3,(H,26,28)/t14-,17?/m1/s1. The van der Waals surface area contributed by atoms with Gasteiger partial charge in [0.2, 0.25) is 0 Å². The van der Waals surface area contributed by atoms with Crippen LogP contribution in [0.5, 0.6) is 0 Å². The molecule has 2 heterocycles. The van der Waals surface area contributed by atoms with Crippen molar-refractivity contribution in [2.75, 3.05) is 11.4 Å². The highest BCUT2D eigenvalue weighted by molar-refractivity contribution is 5.94. The summed E-state index contributed by atoms with van der Waals surface area (Å²) in [5, 5.41) is 2.98. The Labute approximate surface area is 174 Å². The van der Waals surface area contributed by atoms with Gasteiger partial charge in [0.25, 0.3) is 5.91 Å². The van der Waals surface area contributed by atoms with E-state index in [9.17, 15) is 14.0 Å². The molecule has 0 saturated heterocycles. The maximum absolute atomic E-state index is 13.1. The number of hydrogen-bond donors (Lipinski definition) is 1. The number of hydrogen-bond acceptors (Lipinski definition) is 4. The van der Waals surface area contributed by atoms with Crippen molar-refractivity contribution in [1.82, 2.24) is 10.3 Å². The zero-order valence-corrected chi connectivity index (χ0v) is 17.0. The summed E-state index contributed by atoms with van der Waals surface area (Å²) < 4.78 is 18.6. The molecule has 1 unspecified atom stereocenters. The minimum atomic E-state index is -0.734. The average Bonchev–Trinajstić information content (AvgIpc) is 3.62. The molecule has 6 nitrogen and oxygen atoms in total. The van der Waals surface area contributed by atoms with Crippen molar-refractivity contribution in [3.05, 3.63) is 59.2 Å². The number of halogens is 1. The Hall–Kier alpha value is -2.96. The van der Waals surface area contributed by atoms with E-state index >= 15 is 0 Å². The summed E-state index contributed by atoms with van der Waals surface area (Å²) in [4.78, 5) is 31.8. The second-order valence-electron chi connectivity index (χ2n) is 8.98. The first-order chi connectivity index (χ1) is 14.3. The Morgan fingerprint density at radius 3 is 2.60 bits per heavy atom. The van der Waals surface area contributed by atoms with Crippen LogP contribution in [-0.2, 0) is 10.3 Å². The minimum Gasteiger partial charge on any atom is -0.446 e. The van der Waals surface area contributed by atoms with Gasteiger partial charge in [0.1, 0.15) is 11.9 Å². The monoisotopic (exact) mass is 409 g/mol. The normalized spacial score (nSPS) is 22.0. The molecule has 1 N–H and O–H groups in total. The van der Waals surface area contributed by atoms with Crippen LogP contribution in [0.2, 0.25) is 0 Å². The van der Waals surface area contributed by atoms with Crippen LogP contribution in [0.25, 0.3) is 0 Å². The van der Waals surface area contributed by atoms with Crippen LogP contribution in [0.15, 0.2) is 36.4 Å². The molecule has 3 aliphatic rings. The fraction of sp³-hybridized carbons (Fsp3) is 0.435. The van der Waals surface area contributed by atoms with Crippen molar-refractivity contribution in [3.8, 4) is 0 Å². The lowest BCUT2D eigenvalue weighted by Crippen LogP contribution is -2.42. The largest absolute Gasteiger partial charge is 0.446 e. The predicted molar refractivity (Wildman–Crippen MR) is 109 cm³/mol. The molecule has 0 spiro atoms. The topological polar surface area (TPSA) is 71.5 Å². The van der Waals surface area contributed by atoms with Gasteiger partial charge in [-0.2, -0.15) is 0 Å². The zero-order valence-electron chi connectivity index (χ0n) is 17.0. The number of ether oxygens (including phenoxy) is 1. The van der Waals surface area contributed by atoms with Crippen LogP contribution in [0.1, 0.15) is 60.8 Å². The van der Waals surface area contributed by atoms with Gasteiger partial charge in [-0.3, -0.25) is 14.7 Å². The first kappa shape index (κ1) is 19.0. The quantitative estimate of drug-likeness (QED) is 0.825. The third-order valence-electron chi connectivity index (χ3n) is 6.07. The Kier molecular flexibility index (Phi) is 4.31. The Balaban J connectivity index is 1.38. The van der Waals surface area contributed by atoms with E-state index in [0.29, 0.717) is 23.9 Å². The van der Waals surface area contributed by atoms with Gasteiger partial charge < -0.3 is 10.1 Å². The van der Waals surface area contributed by atoms with E-state index in [0.717, 1.165) is 36.3 Å². The molecule has 2 fully saturated rings. The lowest BCUT2D eigenvalue weighted by molar-refractivity contribution is 0.0910. The number of pyridine rings is 1. The molecule has 5 rings (SSSR count). The maximum Gasteiger partial charge on any atom is 0.414 e. The molecule has 1 aromatic heterocycles. The summed E-state index contributed by atoms with van der Waals surface area (Å²) in [6.45, 7) is 4.44. The summed E-state index contributed by atoms with van der Waals surface area (Å²) in [5.41, 5.74) is 2.09. The summed E-state index contributed by atoms with van der Waals surface area (Å²) in [6, 6.07) is 9.21. The van der Waals surface area contributed by atoms with E-state index in [1.54, 1.807) is 4.90 Å². The van der Waals surface area contributed by atoms with E-state index in [1.165, 1.54) is 24.3 Å². The fourth-order valence-electron chi connectivity index (χ4n) is 4.02. The number of nitrogens with one attached hydrogen (secondary N) is 1. The molecule has 2 saturated carbocycles. The SMILES string of the molecule is CC(C)(NC(=O)c1ccc(F)cc1)c1ccc2c(n1)C1C[C@@H]1CN2C(=O)OC1CC1. The number of nitrogens with zero attached hydrogens (tertiary/aromatic N) is 2. The summed E-state index contributed by atoms with van der Waals surface area (Å²) in [5.74, 6) is 0.0989. The Morgan fingerprint density at radius 1 is 1.17 bits per heavy atom. The maximum atomic E-state index is 13.1. The van der Waals surface area contributed by atoms with Gasteiger partial charge in [0.15, 0.2) is 0 Å². The number of carbonyl (C=O) groups excluding carboxylic acids is 2. The smallest absolute Gasteiger partial charge is 0.414 e. The number of rotatable bonds is 4. The molecule has 2 amide bonds. The first-order valence-electron chi connectivity index (χ1n) is 10.4. The molecular weight excluding hydrogens is 385 g/mol. The molecule has 0 radical (unpaired) electrons. The lowest BCUT2D eigenvalue weighted by atomic mass is 9.97. The van der Waals surface area contributed by atoms with E-state index in [-0.39, 0.29) is 23.9 Å². The third kappa shape index (κ3) is 3.53. The van der Waals surface area contributed by atoms with E-state index in [1.807, 2.05) is 26.0 Å². The molecule has 1 aromatic carbocycles. The molecule has 156 valence electrons. The molecule has 30 heavy (non-hydrogen) atoms. The summed E-state index contributed by atoms with van der Waals surface area (Å²) in [6.07, 6.45) is 2.67. The molecule has 2 aromatic rings. The van der Waals surface area contributed by atoms with Gasteiger partial charge in [0.05, 0.1) is 22.6 Å². The molecule has 1 aliphatic heterocycles.